The minimum Gasteiger partial charge on any atom is -0.488 e. The van der Waals surface area contributed by atoms with Crippen LogP contribution in [0.1, 0.15) is 93.7 Å². The number of aryl methyl sites for hydroxylation is 1. The maximum absolute atomic E-state index is 13.3. The average molecular weight is 739 g/mol. The van der Waals surface area contributed by atoms with Crippen molar-refractivity contribution < 1.29 is 33.6 Å². The molecule has 1 atom stereocenters. The van der Waals surface area contributed by atoms with Crippen molar-refractivity contribution in [1.82, 2.24) is 0 Å². The van der Waals surface area contributed by atoms with Crippen LogP contribution in [-0.4, -0.2) is 36.7 Å². The van der Waals surface area contributed by atoms with Crippen molar-refractivity contribution in [3.8, 4) is 34.1 Å². The molecule has 7 nitrogen and oxygen atoms in total. The molecule has 0 fully saturated rings. The summed E-state index contributed by atoms with van der Waals surface area (Å²) in [6, 6.07) is 16.0. The maximum Gasteiger partial charge on any atom is 0.306 e. The molecule has 2 heterocycles. The van der Waals surface area contributed by atoms with E-state index in [1.54, 1.807) is 0 Å². The van der Waals surface area contributed by atoms with Gasteiger partial charge in [-0.15, -0.1) is 0 Å². The lowest BCUT2D eigenvalue weighted by Gasteiger charge is -2.20. The number of ketones is 1. The number of rotatable bonds is 5. The zero-order valence-corrected chi connectivity index (χ0v) is 31.6. The summed E-state index contributed by atoms with van der Waals surface area (Å²) in [5, 5.41) is 10.4. The summed E-state index contributed by atoms with van der Waals surface area (Å²) in [6.45, 7) is 3.77. The largest absolute Gasteiger partial charge is 0.488 e. The highest BCUT2D eigenvalue weighted by atomic mass is 35.5. The SMILES string of the molecule is Cc1c(COc2cc3c(cc2Cl)CCCC[C@H](C(=O)O)CCCCCCCC(=O)C2=CCC/C=C\C(=C2)CO3)cccc1-c1ccc2c(c1)OCCO2. The highest BCUT2D eigenvalue weighted by Crippen LogP contribution is 2.38. The van der Waals surface area contributed by atoms with E-state index in [4.69, 9.17) is 30.5 Å². The molecule has 53 heavy (non-hydrogen) atoms. The molecule has 0 aromatic heterocycles. The number of hydrogen-bond acceptors (Lipinski definition) is 6. The summed E-state index contributed by atoms with van der Waals surface area (Å²) in [5.41, 5.74) is 6.88. The molecular weight excluding hydrogens is 688 g/mol. The molecule has 3 aliphatic rings. The zero-order valence-electron chi connectivity index (χ0n) is 30.8. The third-order valence-corrected chi connectivity index (χ3v) is 10.7. The number of carboxylic acid groups (broad SMARTS) is 1. The van der Waals surface area contributed by atoms with Gasteiger partial charge in [0.1, 0.15) is 37.9 Å². The van der Waals surface area contributed by atoms with Crippen LogP contribution in [0.2, 0.25) is 5.02 Å². The number of benzene rings is 3. The molecule has 8 heteroatoms. The predicted octanol–water partition coefficient (Wildman–Crippen LogP) is 11.0. The molecule has 3 aromatic carbocycles. The van der Waals surface area contributed by atoms with E-state index in [0.717, 1.165) is 108 Å². The zero-order chi connectivity index (χ0) is 37.0. The summed E-state index contributed by atoms with van der Waals surface area (Å²) >= 11 is 6.89. The summed E-state index contributed by atoms with van der Waals surface area (Å²) in [5.74, 6) is 1.81. The van der Waals surface area contributed by atoms with Gasteiger partial charge in [-0.05, 0) is 110 Å². The van der Waals surface area contributed by atoms with E-state index in [2.05, 4.69) is 37.3 Å². The van der Waals surface area contributed by atoms with E-state index in [-0.39, 0.29) is 18.3 Å². The summed E-state index contributed by atoms with van der Waals surface area (Å²) in [6.07, 6.45) is 18.8. The number of carboxylic acids is 1. The van der Waals surface area contributed by atoms with Gasteiger partial charge in [-0.25, -0.2) is 0 Å². The number of aliphatic carboxylic acids is 1. The minimum absolute atomic E-state index is 0.161. The van der Waals surface area contributed by atoms with Gasteiger partial charge >= 0.3 is 5.97 Å². The van der Waals surface area contributed by atoms with Gasteiger partial charge in [0.05, 0.1) is 10.9 Å². The van der Waals surface area contributed by atoms with Crippen molar-refractivity contribution in [2.24, 2.45) is 5.92 Å². The molecule has 0 radical (unpaired) electrons. The lowest BCUT2D eigenvalue weighted by molar-refractivity contribution is -0.142. The lowest BCUT2D eigenvalue weighted by atomic mass is 9.93. The second-order valence-corrected chi connectivity index (χ2v) is 14.7. The minimum atomic E-state index is -0.716. The van der Waals surface area contributed by atoms with Crippen molar-refractivity contribution in [2.45, 2.75) is 97.0 Å². The number of carbonyl (C=O) groups excluding carboxylic acids is 1. The third kappa shape index (κ3) is 10.6. The highest BCUT2D eigenvalue weighted by molar-refractivity contribution is 6.32. The molecule has 2 bridgehead atoms. The topological polar surface area (TPSA) is 91.3 Å². The average Bonchev–Trinajstić information content (AvgIpc) is 3.14. The molecule has 1 N–H and O–H groups in total. The van der Waals surface area contributed by atoms with Gasteiger partial charge in [0.2, 0.25) is 0 Å². The number of Topliss-reactive ketones (excluding diaryl/α,β-unsaturated/α-hetero) is 1. The molecule has 6 rings (SSSR count). The van der Waals surface area contributed by atoms with Crippen molar-refractivity contribution in [3.63, 3.8) is 0 Å². The van der Waals surface area contributed by atoms with Gasteiger partial charge in [-0.3, -0.25) is 9.59 Å². The molecule has 280 valence electrons. The Morgan fingerprint density at radius 3 is 2.49 bits per heavy atom. The number of halogens is 1. The Kier molecular flexibility index (Phi) is 13.7. The first kappa shape index (κ1) is 38.2. The lowest BCUT2D eigenvalue weighted by Crippen LogP contribution is -2.15. The fourth-order valence-electron chi connectivity index (χ4n) is 7.31. The molecule has 0 unspecified atom stereocenters. The van der Waals surface area contributed by atoms with Crippen LogP contribution in [0.15, 0.2) is 84.0 Å². The standard InChI is InChI=1S/C45H51ClO7/c1-31-37(18-12-19-38(31)34-21-22-41-44(27-34)51-24-23-50-41)30-53-43-28-42-36(26-39(43)46)17-11-10-15-33(45(48)49)14-7-3-2-4-9-20-40(47)35-16-8-5-6-13-32(25-35)29-52-42/h6,12-13,16,18-19,21-22,25-28,33H,2-5,7-11,14-15,17,20,23-24,29-30H2,1H3,(H,48,49)/b13-6-,32-25?,35-16?/t33-/m1/s1. The van der Waals surface area contributed by atoms with Gasteiger partial charge < -0.3 is 24.1 Å². The Bertz CT molecular complexity index is 1860. The first-order chi connectivity index (χ1) is 25.9. The Morgan fingerprint density at radius 1 is 0.868 bits per heavy atom. The highest BCUT2D eigenvalue weighted by Gasteiger charge is 2.19. The van der Waals surface area contributed by atoms with Crippen molar-refractivity contribution in [1.29, 1.82) is 0 Å². The Labute approximate surface area is 318 Å². The van der Waals surface area contributed by atoms with Crippen LogP contribution in [0.3, 0.4) is 0 Å². The number of ether oxygens (including phenoxy) is 4. The van der Waals surface area contributed by atoms with Crippen molar-refractivity contribution in [2.75, 3.05) is 19.8 Å². The van der Waals surface area contributed by atoms with Crippen molar-refractivity contribution >= 4 is 23.4 Å². The van der Waals surface area contributed by atoms with E-state index in [1.165, 1.54) is 0 Å². The van der Waals surface area contributed by atoms with E-state index in [0.29, 0.717) is 62.0 Å². The first-order valence-electron chi connectivity index (χ1n) is 19.3. The Morgan fingerprint density at radius 2 is 1.64 bits per heavy atom. The summed E-state index contributed by atoms with van der Waals surface area (Å²) in [7, 11) is 0. The van der Waals surface area contributed by atoms with E-state index in [9.17, 15) is 14.7 Å². The fraction of sp³-hybridized carbons (Fsp3) is 0.422. The van der Waals surface area contributed by atoms with Crippen LogP contribution in [0.5, 0.6) is 23.0 Å². The van der Waals surface area contributed by atoms with Gasteiger partial charge in [0.15, 0.2) is 17.3 Å². The number of allylic oxidation sites excluding steroid dienone is 4. The molecule has 0 saturated carbocycles. The molecule has 3 aromatic rings. The maximum atomic E-state index is 13.3. The second-order valence-electron chi connectivity index (χ2n) is 14.3. The number of hydrogen-bond donors (Lipinski definition) is 1. The molecule has 2 aliphatic heterocycles. The van der Waals surface area contributed by atoms with Gasteiger partial charge in [-0.2, -0.15) is 0 Å². The van der Waals surface area contributed by atoms with Crippen molar-refractivity contribution in [3.05, 3.63) is 106 Å². The molecule has 1 aliphatic carbocycles. The quantitative estimate of drug-likeness (QED) is 0.279. The van der Waals surface area contributed by atoms with Crippen LogP contribution in [0.4, 0.5) is 0 Å². The van der Waals surface area contributed by atoms with Gasteiger partial charge in [0.25, 0.3) is 0 Å². The van der Waals surface area contributed by atoms with E-state index < -0.39 is 5.97 Å². The predicted molar refractivity (Wildman–Crippen MR) is 209 cm³/mol. The van der Waals surface area contributed by atoms with Crippen LogP contribution >= 0.6 is 11.6 Å². The third-order valence-electron chi connectivity index (χ3n) is 10.4. The van der Waals surface area contributed by atoms with Gasteiger partial charge in [-0.1, -0.05) is 86.2 Å². The van der Waals surface area contributed by atoms with Crippen LogP contribution in [0.25, 0.3) is 11.1 Å². The molecule has 0 amide bonds. The van der Waals surface area contributed by atoms with E-state index in [1.807, 2.05) is 42.5 Å². The Hall–Kier alpha value is -4.49. The molecule has 0 spiro atoms. The molecule has 0 saturated heterocycles. The number of fused-ring (bicyclic) bond motifs is 3. The van der Waals surface area contributed by atoms with Crippen LogP contribution < -0.4 is 18.9 Å². The fourth-order valence-corrected chi connectivity index (χ4v) is 7.55. The monoisotopic (exact) mass is 738 g/mol. The summed E-state index contributed by atoms with van der Waals surface area (Å²) in [4.78, 5) is 25.3. The smallest absolute Gasteiger partial charge is 0.306 e. The van der Waals surface area contributed by atoms with Crippen LogP contribution in [0, 0.1) is 12.8 Å². The second kappa shape index (κ2) is 19.0. The number of carbonyl (C=O) groups is 2. The normalized spacial score (nSPS) is 19.6. The summed E-state index contributed by atoms with van der Waals surface area (Å²) < 4.78 is 24.5. The van der Waals surface area contributed by atoms with E-state index >= 15 is 0 Å². The molecular formula is C45H51ClO7. The Balaban J connectivity index is 1.23. The van der Waals surface area contributed by atoms with Gasteiger partial charge in [0, 0.05) is 18.1 Å². The first-order valence-corrected chi connectivity index (χ1v) is 19.6. The van der Waals surface area contributed by atoms with Crippen LogP contribution in [-0.2, 0) is 22.6 Å².